The predicted molar refractivity (Wildman–Crippen MR) is 74.0 cm³/mol. The third-order valence-electron chi connectivity index (χ3n) is 2.22. The van der Waals surface area contributed by atoms with Gasteiger partial charge in [-0.15, -0.1) is 12.4 Å². The van der Waals surface area contributed by atoms with Gasteiger partial charge in [0.25, 0.3) is 0 Å². The molecule has 5 heteroatoms. The van der Waals surface area contributed by atoms with E-state index in [0.29, 0.717) is 0 Å². The first kappa shape index (κ1) is 7.10. The third-order valence-corrected chi connectivity index (χ3v) is 2.22. The van der Waals surface area contributed by atoms with Crippen molar-refractivity contribution in [1.82, 2.24) is 5.32 Å². The standard InChI is InChI=1S/C13H21NO3.ClH/c1-13(2,3)14-7-12(17)9-4-5-11(16)10(6-9)8-15;/h4-6,12,14-17H,7-8H2,1-3H3;1H/t12-;/m1./s1/i1D3,2D3,3D3;. The molecule has 4 nitrogen and oxygen atoms in total. The molecule has 0 aliphatic heterocycles. The second-order valence-electron chi connectivity index (χ2n) is 3.69. The van der Waals surface area contributed by atoms with Gasteiger partial charge in [-0.25, -0.2) is 0 Å². The molecule has 0 aliphatic rings. The first-order valence-electron chi connectivity index (χ1n) is 9.44. The molecule has 0 spiro atoms. The van der Waals surface area contributed by atoms with Crippen LogP contribution in [0.1, 0.15) is 50.1 Å². The zero-order chi connectivity index (χ0) is 20.6. The molecule has 0 amide bonds. The van der Waals surface area contributed by atoms with Crippen molar-refractivity contribution in [3.05, 3.63) is 29.3 Å². The van der Waals surface area contributed by atoms with Crippen molar-refractivity contribution in [2.24, 2.45) is 0 Å². The Hall–Kier alpha value is -0.810. The highest BCUT2D eigenvalue weighted by Gasteiger charge is 2.14. The van der Waals surface area contributed by atoms with Crippen LogP contribution in [0.5, 0.6) is 5.75 Å². The summed E-state index contributed by atoms with van der Waals surface area (Å²) in [4.78, 5) is 0. The Kier molecular flexibility index (Phi) is 2.74. The molecular formula is C13H22ClNO3. The van der Waals surface area contributed by atoms with Crippen molar-refractivity contribution in [1.29, 1.82) is 0 Å². The smallest absolute Gasteiger partial charge is 0.121 e. The molecule has 0 saturated carbocycles. The van der Waals surface area contributed by atoms with Gasteiger partial charge in [0.1, 0.15) is 5.75 Å². The van der Waals surface area contributed by atoms with Gasteiger partial charge in [0, 0.05) is 30.0 Å². The second kappa shape index (κ2) is 6.95. The minimum atomic E-state index is -3.42. The van der Waals surface area contributed by atoms with E-state index in [4.69, 9.17) is 17.4 Å². The van der Waals surface area contributed by atoms with Gasteiger partial charge < -0.3 is 20.6 Å². The number of β-amino-alcohol motifs (C(OH)–C–C–N with tert-alkyl or cyclic N) is 1. The summed E-state index contributed by atoms with van der Waals surface area (Å²) in [6, 6.07) is 3.71. The van der Waals surface area contributed by atoms with Crippen molar-refractivity contribution in [3.63, 3.8) is 0 Å². The largest absolute Gasteiger partial charge is 0.508 e. The summed E-state index contributed by atoms with van der Waals surface area (Å²) in [6.45, 7) is -11.5. The molecule has 4 N–H and O–H groups in total. The van der Waals surface area contributed by atoms with Crippen LogP contribution in [0.2, 0.25) is 0 Å². The number of rotatable bonds is 4. The Balaban J connectivity index is 0.00000676. The van der Waals surface area contributed by atoms with Gasteiger partial charge in [-0.05, 0) is 38.3 Å². The topological polar surface area (TPSA) is 72.7 Å². The average Bonchev–Trinajstić information content (AvgIpc) is 2.43. The van der Waals surface area contributed by atoms with Crippen molar-refractivity contribution >= 4 is 12.4 Å². The second-order valence-corrected chi connectivity index (χ2v) is 3.69. The van der Waals surface area contributed by atoms with E-state index in [1.807, 2.05) is 5.32 Å². The quantitative estimate of drug-likeness (QED) is 0.679. The van der Waals surface area contributed by atoms with E-state index in [1.54, 1.807) is 0 Å². The summed E-state index contributed by atoms with van der Waals surface area (Å²) in [5, 5.41) is 30.9. The Labute approximate surface area is 127 Å². The van der Waals surface area contributed by atoms with Crippen molar-refractivity contribution in [3.8, 4) is 5.75 Å². The Bertz CT molecular complexity index is 595. The van der Waals surface area contributed by atoms with Crippen molar-refractivity contribution in [2.75, 3.05) is 6.54 Å². The van der Waals surface area contributed by atoms with E-state index < -0.39 is 45.4 Å². The first-order valence-corrected chi connectivity index (χ1v) is 4.94. The molecule has 1 aromatic carbocycles. The summed E-state index contributed by atoms with van der Waals surface area (Å²) in [5.74, 6) is -0.224. The van der Waals surface area contributed by atoms with Gasteiger partial charge in [-0.1, -0.05) is 6.07 Å². The maximum Gasteiger partial charge on any atom is 0.121 e. The van der Waals surface area contributed by atoms with Gasteiger partial charge in [0.15, 0.2) is 0 Å². The SMILES string of the molecule is Cl.[2H]C([2H])([2H])C(NC[C@@H](O)c1ccc(O)c(CO)c1)(C([2H])([2H])[2H])C([2H])([2H])[2H]. The van der Waals surface area contributed by atoms with Crippen molar-refractivity contribution in [2.45, 2.75) is 38.8 Å². The monoisotopic (exact) mass is 284 g/mol. The third kappa shape index (κ3) is 5.23. The number of aromatic hydroxyl groups is 1. The number of hydrogen-bond donors (Lipinski definition) is 4. The van der Waals surface area contributed by atoms with Crippen LogP contribution in [0, 0.1) is 0 Å². The van der Waals surface area contributed by atoms with E-state index in [0.717, 1.165) is 0 Å². The first-order chi connectivity index (χ1) is 11.6. The molecule has 0 aliphatic carbocycles. The van der Waals surface area contributed by atoms with Crippen LogP contribution in [-0.4, -0.2) is 27.4 Å². The van der Waals surface area contributed by atoms with Crippen LogP contribution in [0.3, 0.4) is 0 Å². The Morgan fingerprint density at radius 3 is 2.61 bits per heavy atom. The van der Waals surface area contributed by atoms with Gasteiger partial charge in [0.2, 0.25) is 0 Å². The van der Waals surface area contributed by atoms with Crippen LogP contribution in [-0.2, 0) is 6.61 Å². The van der Waals surface area contributed by atoms with E-state index >= 15 is 0 Å². The molecule has 0 radical (unpaired) electrons. The molecule has 0 fully saturated rings. The minimum absolute atomic E-state index is 0. The fraction of sp³-hybridized carbons (Fsp3) is 0.538. The number of aliphatic hydroxyl groups is 2. The predicted octanol–water partition coefficient (Wildman–Crippen LogP) is 1.73. The lowest BCUT2D eigenvalue weighted by Gasteiger charge is -2.23. The summed E-state index contributed by atoms with van der Waals surface area (Å²) in [7, 11) is 0. The highest BCUT2D eigenvalue weighted by molar-refractivity contribution is 5.85. The maximum absolute atomic E-state index is 10.2. The fourth-order valence-corrected chi connectivity index (χ4v) is 1.31. The molecule has 1 aromatic rings. The van der Waals surface area contributed by atoms with Gasteiger partial charge in [0.05, 0.1) is 12.7 Å². The van der Waals surface area contributed by atoms with Gasteiger partial charge in [-0.2, -0.15) is 0 Å². The molecule has 1 atom stereocenters. The fourth-order valence-electron chi connectivity index (χ4n) is 1.31. The van der Waals surface area contributed by atoms with E-state index in [2.05, 4.69) is 0 Å². The molecular weight excluding hydrogens is 254 g/mol. The number of nitrogens with one attached hydrogen (secondary N) is 1. The van der Waals surface area contributed by atoms with E-state index in [1.165, 1.54) is 18.2 Å². The highest BCUT2D eigenvalue weighted by Crippen LogP contribution is 2.22. The lowest BCUT2D eigenvalue weighted by atomic mass is 10.0. The summed E-state index contributed by atoms with van der Waals surface area (Å²) in [5.41, 5.74) is -3.02. The summed E-state index contributed by atoms with van der Waals surface area (Å²) >= 11 is 0. The zero-order valence-electron chi connectivity index (χ0n) is 18.5. The van der Waals surface area contributed by atoms with E-state index in [-0.39, 0.29) is 29.3 Å². The van der Waals surface area contributed by atoms with Gasteiger partial charge >= 0.3 is 0 Å². The number of halogens is 1. The average molecular weight is 285 g/mol. The molecule has 0 bridgehead atoms. The molecule has 0 saturated heterocycles. The van der Waals surface area contributed by atoms with Crippen LogP contribution in [0.25, 0.3) is 0 Å². The summed E-state index contributed by atoms with van der Waals surface area (Å²) in [6.07, 6.45) is -1.48. The van der Waals surface area contributed by atoms with Crippen molar-refractivity contribution < 1.29 is 27.7 Å². The number of aliphatic hydroxyl groups excluding tert-OH is 2. The van der Waals surface area contributed by atoms with Crippen LogP contribution in [0.15, 0.2) is 18.2 Å². The Morgan fingerprint density at radius 2 is 2.06 bits per heavy atom. The van der Waals surface area contributed by atoms with Crippen LogP contribution < -0.4 is 5.32 Å². The lowest BCUT2D eigenvalue weighted by Crippen LogP contribution is -2.38. The molecule has 18 heavy (non-hydrogen) atoms. The molecule has 0 aromatic heterocycles. The number of benzene rings is 1. The van der Waals surface area contributed by atoms with Crippen LogP contribution >= 0.6 is 12.4 Å². The highest BCUT2D eigenvalue weighted by atomic mass is 35.5. The minimum Gasteiger partial charge on any atom is -0.508 e. The van der Waals surface area contributed by atoms with Gasteiger partial charge in [-0.3, -0.25) is 0 Å². The Morgan fingerprint density at radius 1 is 1.39 bits per heavy atom. The zero-order valence-corrected chi connectivity index (χ0v) is 10.3. The normalized spacial score (nSPS) is 22.4. The number of phenols is 1. The summed E-state index contributed by atoms with van der Waals surface area (Å²) < 4.78 is 67.4. The maximum atomic E-state index is 10.2. The molecule has 0 heterocycles. The molecule has 1 rings (SSSR count). The number of hydrogen-bond acceptors (Lipinski definition) is 4. The van der Waals surface area contributed by atoms with Crippen LogP contribution in [0.4, 0.5) is 0 Å². The lowest BCUT2D eigenvalue weighted by molar-refractivity contribution is 0.163. The molecule has 104 valence electrons. The van der Waals surface area contributed by atoms with E-state index in [9.17, 15) is 10.2 Å². The molecule has 0 unspecified atom stereocenters.